The Morgan fingerprint density at radius 3 is 1.25 bits per heavy atom. The van der Waals surface area contributed by atoms with E-state index >= 15 is 0 Å². The van der Waals surface area contributed by atoms with Crippen molar-refractivity contribution in [2.75, 3.05) is 41.7 Å². The van der Waals surface area contributed by atoms with Crippen LogP contribution in [0.3, 0.4) is 0 Å². The van der Waals surface area contributed by atoms with Gasteiger partial charge in [-0.3, -0.25) is 0 Å². The quantitative estimate of drug-likeness (QED) is 0.239. The van der Waals surface area contributed by atoms with E-state index < -0.39 is 0 Å². The molecule has 0 aliphatic heterocycles. The van der Waals surface area contributed by atoms with Gasteiger partial charge in [0.25, 0.3) is 0 Å². The lowest BCUT2D eigenvalue weighted by Gasteiger charge is -2.22. The van der Waals surface area contributed by atoms with E-state index in [0.717, 1.165) is 58.7 Å². The van der Waals surface area contributed by atoms with E-state index in [0.29, 0.717) is 36.2 Å². The molecule has 0 saturated carbocycles. The van der Waals surface area contributed by atoms with Crippen molar-refractivity contribution in [1.29, 1.82) is 0 Å². The maximum absolute atomic E-state index is 6.38. The molecule has 0 fully saturated rings. The predicted octanol–water partition coefficient (Wildman–Crippen LogP) is 6.39. The second-order valence-corrected chi connectivity index (χ2v) is 7.54. The zero-order valence-electron chi connectivity index (χ0n) is 20.0. The van der Waals surface area contributed by atoms with Gasteiger partial charge in [0.15, 0.2) is 11.5 Å². The standard InChI is InChI=1S/C26H34O6/c1-7-9-13-31-25-17-15-21(29-5)22(30-6)16-18(17)26(32-14-10-8-2)24-20(28-4)12-11-19(27-3)23(24)25/h11-12,15-16H,7-10,13-14H2,1-6H3. The van der Waals surface area contributed by atoms with Gasteiger partial charge in [0.05, 0.1) is 52.4 Å². The molecule has 6 heteroatoms. The third-order valence-corrected chi connectivity index (χ3v) is 5.52. The molecule has 0 atom stereocenters. The van der Waals surface area contributed by atoms with Gasteiger partial charge in [0.1, 0.15) is 23.0 Å². The lowest BCUT2D eigenvalue weighted by atomic mass is 9.98. The average molecular weight is 443 g/mol. The zero-order chi connectivity index (χ0) is 23.1. The van der Waals surface area contributed by atoms with Crippen LogP contribution in [0.2, 0.25) is 0 Å². The maximum atomic E-state index is 6.38. The number of unbranched alkanes of at least 4 members (excludes halogenated alkanes) is 2. The van der Waals surface area contributed by atoms with Gasteiger partial charge in [0.2, 0.25) is 0 Å². The highest BCUT2D eigenvalue weighted by Crippen LogP contribution is 2.52. The van der Waals surface area contributed by atoms with Gasteiger partial charge >= 0.3 is 0 Å². The molecule has 0 unspecified atom stereocenters. The Balaban J connectivity index is 2.48. The fraction of sp³-hybridized carbons (Fsp3) is 0.462. The summed E-state index contributed by atoms with van der Waals surface area (Å²) in [5, 5.41) is 3.41. The first-order valence-electron chi connectivity index (χ1n) is 11.2. The van der Waals surface area contributed by atoms with E-state index in [4.69, 9.17) is 28.4 Å². The van der Waals surface area contributed by atoms with E-state index in [-0.39, 0.29) is 0 Å². The molecule has 0 radical (unpaired) electrons. The minimum Gasteiger partial charge on any atom is -0.496 e. The average Bonchev–Trinajstić information content (AvgIpc) is 2.83. The first kappa shape index (κ1) is 23.6. The smallest absolute Gasteiger partial charge is 0.161 e. The minimum atomic E-state index is 0.589. The third-order valence-electron chi connectivity index (χ3n) is 5.52. The molecule has 174 valence electrons. The monoisotopic (exact) mass is 442 g/mol. The van der Waals surface area contributed by atoms with Crippen LogP contribution in [-0.2, 0) is 0 Å². The summed E-state index contributed by atoms with van der Waals surface area (Å²) >= 11 is 0. The summed E-state index contributed by atoms with van der Waals surface area (Å²) in [6.07, 6.45) is 3.95. The summed E-state index contributed by atoms with van der Waals surface area (Å²) < 4.78 is 35.5. The summed E-state index contributed by atoms with van der Waals surface area (Å²) in [5.74, 6) is 4.10. The molecule has 0 aliphatic carbocycles. The fourth-order valence-electron chi connectivity index (χ4n) is 3.82. The van der Waals surface area contributed by atoms with Crippen LogP contribution in [0.25, 0.3) is 21.5 Å². The van der Waals surface area contributed by atoms with E-state index in [1.54, 1.807) is 28.4 Å². The topological polar surface area (TPSA) is 55.4 Å². The molecular weight excluding hydrogens is 408 g/mol. The number of benzene rings is 3. The van der Waals surface area contributed by atoms with Crippen molar-refractivity contribution in [3.05, 3.63) is 24.3 Å². The Hall–Kier alpha value is -3.02. The Bertz CT molecular complexity index is 976. The van der Waals surface area contributed by atoms with Crippen LogP contribution < -0.4 is 28.4 Å². The van der Waals surface area contributed by atoms with Gasteiger partial charge in [-0.15, -0.1) is 0 Å². The molecule has 0 aliphatic rings. The second kappa shape index (κ2) is 11.0. The van der Waals surface area contributed by atoms with Crippen molar-refractivity contribution in [3.63, 3.8) is 0 Å². The molecule has 0 N–H and O–H groups in total. The van der Waals surface area contributed by atoms with E-state index in [1.165, 1.54) is 0 Å². The van der Waals surface area contributed by atoms with Crippen LogP contribution >= 0.6 is 0 Å². The predicted molar refractivity (Wildman–Crippen MR) is 128 cm³/mol. The van der Waals surface area contributed by atoms with E-state index in [1.807, 2.05) is 24.3 Å². The SMILES string of the molecule is CCCCOc1c2cc(OC)c(OC)cc2c(OCCCC)c2c(OC)ccc(OC)c12. The summed E-state index contributed by atoms with van der Waals surface area (Å²) in [7, 11) is 6.58. The summed E-state index contributed by atoms with van der Waals surface area (Å²) in [4.78, 5) is 0. The largest absolute Gasteiger partial charge is 0.496 e. The molecule has 6 nitrogen and oxygen atoms in total. The van der Waals surface area contributed by atoms with Crippen LogP contribution in [0, 0.1) is 0 Å². The van der Waals surface area contributed by atoms with Gasteiger partial charge in [0, 0.05) is 10.8 Å². The molecule has 3 aromatic carbocycles. The molecule has 0 aromatic heterocycles. The molecule has 3 rings (SSSR count). The zero-order valence-corrected chi connectivity index (χ0v) is 20.0. The number of rotatable bonds is 12. The molecule has 0 saturated heterocycles. The van der Waals surface area contributed by atoms with Crippen molar-refractivity contribution >= 4 is 21.5 Å². The van der Waals surface area contributed by atoms with Gasteiger partial charge < -0.3 is 28.4 Å². The molecule has 0 bridgehead atoms. The summed E-state index contributed by atoms with van der Waals surface area (Å²) in [6.45, 7) is 5.46. The molecule has 0 spiro atoms. The summed E-state index contributed by atoms with van der Waals surface area (Å²) in [5.41, 5.74) is 0. The molecule has 32 heavy (non-hydrogen) atoms. The van der Waals surface area contributed by atoms with Crippen LogP contribution in [-0.4, -0.2) is 41.7 Å². The normalized spacial score (nSPS) is 10.9. The molecule has 0 heterocycles. The Morgan fingerprint density at radius 1 is 0.562 bits per heavy atom. The van der Waals surface area contributed by atoms with Crippen molar-refractivity contribution < 1.29 is 28.4 Å². The van der Waals surface area contributed by atoms with Crippen LogP contribution in [0.5, 0.6) is 34.5 Å². The second-order valence-electron chi connectivity index (χ2n) is 7.54. The van der Waals surface area contributed by atoms with E-state index in [9.17, 15) is 0 Å². The molecule has 0 amide bonds. The Kier molecular flexibility index (Phi) is 8.14. The van der Waals surface area contributed by atoms with Crippen molar-refractivity contribution in [1.82, 2.24) is 0 Å². The third kappa shape index (κ3) is 4.45. The first-order chi connectivity index (χ1) is 15.6. The van der Waals surface area contributed by atoms with Gasteiger partial charge in [-0.05, 0) is 37.1 Å². The number of methoxy groups -OCH3 is 4. The minimum absolute atomic E-state index is 0.589. The highest BCUT2D eigenvalue weighted by Gasteiger charge is 2.24. The van der Waals surface area contributed by atoms with E-state index in [2.05, 4.69) is 13.8 Å². The Labute approximate surface area is 190 Å². The van der Waals surface area contributed by atoms with Crippen LogP contribution in [0.1, 0.15) is 39.5 Å². The molecular formula is C26H34O6. The van der Waals surface area contributed by atoms with Gasteiger partial charge in [-0.2, -0.15) is 0 Å². The Morgan fingerprint density at radius 2 is 0.938 bits per heavy atom. The number of hydrogen-bond donors (Lipinski definition) is 0. The van der Waals surface area contributed by atoms with Crippen LogP contribution in [0.15, 0.2) is 24.3 Å². The maximum Gasteiger partial charge on any atom is 0.161 e. The van der Waals surface area contributed by atoms with Gasteiger partial charge in [-0.25, -0.2) is 0 Å². The molecule has 3 aromatic rings. The van der Waals surface area contributed by atoms with Gasteiger partial charge in [-0.1, -0.05) is 26.7 Å². The first-order valence-corrected chi connectivity index (χ1v) is 11.2. The van der Waals surface area contributed by atoms with Crippen molar-refractivity contribution in [3.8, 4) is 34.5 Å². The summed E-state index contributed by atoms with van der Waals surface area (Å²) in [6, 6.07) is 7.69. The fourth-order valence-corrected chi connectivity index (χ4v) is 3.82. The highest BCUT2D eigenvalue weighted by atomic mass is 16.5. The number of ether oxygens (including phenoxy) is 6. The van der Waals surface area contributed by atoms with Crippen molar-refractivity contribution in [2.24, 2.45) is 0 Å². The number of fused-ring (bicyclic) bond motifs is 2. The highest BCUT2D eigenvalue weighted by molar-refractivity contribution is 6.16. The van der Waals surface area contributed by atoms with Crippen LogP contribution in [0.4, 0.5) is 0 Å². The number of hydrogen-bond acceptors (Lipinski definition) is 6. The van der Waals surface area contributed by atoms with Crippen molar-refractivity contribution in [2.45, 2.75) is 39.5 Å². The lowest BCUT2D eigenvalue weighted by Crippen LogP contribution is -2.04. The lowest BCUT2D eigenvalue weighted by molar-refractivity contribution is 0.308.